The Morgan fingerprint density at radius 1 is 1.00 bits per heavy atom. The van der Waals surface area contributed by atoms with Crippen molar-refractivity contribution in [1.82, 2.24) is 0 Å². The van der Waals surface area contributed by atoms with Crippen molar-refractivity contribution in [2.24, 2.45) is 0 Å². The Balaban J connectivity index is 2.16. The first-order valence-electron chi connectivity index (χ1n) is 9.38. The minimum absolute atomic E-state index is 1.14. The predicted octanol–water partition coefficient (Wildman–Crippen LogP) is 7.48. The highest BCUT2D eigenvalue weighted by atomic mass is 79.9. The number of rotatable bonds is 12. The van der Waals surface area contributed by atoms with Gasteiger partial charge in [-0.05, 0) is 29.5 Å². The summed E-state index contributed by atoms with van der Waals surface area (Å²) in [7, 11) is -1.33. The van der Waals surface area contributed by atoms with Crippen LogP contribution in [0.25, 0.3) is 6.08 Å². The Kier molecular flexibility index (Phi) is 10.2. The normalized spacial score (nSPS) is 12.8. The van der Waals surface area contributed by atoms with Gasteiger partial charge >= 0.3 is 0 Å². The molecule has 0 aliphatic heterocycles. The van der Waals surface area contributed by atoms with Gasteiger partial charge in [0.2, 0.25) is 0 Å². The highest BCUT2D eigenvalue weighted by Gasteiger charge is 2.20. The van der Waals surface area contributed by atoms with Crippen molar-refractivity contribution < 1.29 is 4.42 Å². The molecule has 23 heavy (non-hydrogen) atoms. The van der Waals surface area contributed by atoms with Crippen molar-refractivity contribution >= 4 is 35.5 Å². The molecule has 0 aromatic carbocycles. The first-order valence-corrected chi connectivity index (χ1v) is 13.7. The van der Waals surface area contributed by atoms with E-state index in [1.807, 2.05) is 6.26 Å². The van der Waals surface area contributed by atoms with Crippen molar-refractivity contribution in [1.29, 1.82) is 0 Å². The SMILES string of the molecule is CCCCCCCCCCC/C(Br)=C\c1coc([Si](C)(C)C)c1. The second-order valence-corrected chi connectivity index (χ2v) is 13.7. The molecule has 0 saturated carbocycles. The predicted molar refractivity (Wildman–Crippen MR) is 110 cm³/mol. The van der Waals surface area contributed by atoms with Crippen LogP contribution < -0.4 is 5.38 Å². The second-order valence-electron chi connectivity index (χ2n) is 7.66. The van der Waals surface area contributed by atoms with Crippen LogP contribution in [0.4, 0.5) is 0 Å². The molecule has 0 amide bonds. The molecule has 0 bridgehead atoms. The summed E-state index contributed by atoms with van der Waals surface area (Å²) in [5.74, 6) is 0. The molecule has 1 rings (SSSR count). The fourth-order valence-electron chi connectivity index (χ4n) is 2.68. The van der Waals surface area contributed by atoms with Gasteiger partial charge in [0.25, 0.3) is 0 Å². The van der Waals surface area contributed by atoms with Crippen LogP contribution in [0.1, 0.15) is 76.7 Å². The van der Waals surface area contributed by atoms with Crippen molar-refractivity contribution in [3.8, 4) is 0 Å². The maximum atomic E-state index is 5.72. The maximum Gasteiger partial charge on any atom is 0.123 e. The van der Waals surface area contributed by atoms with Crippen LogP contribution in [0, 0.1) is 0 Å². The Morgan fingerprint density at radius 2 is 1.57 bits per heavy atom. The van der Waals surface area contributed by atoms with E-state index in [2.05, 4.69) is 54.6 Å². The van der Waals surface area contributed by atoms with Gasteiger partial charge in [-0.15, -0.1) is 0 Å². The number of halogens is 1. The minimum Gasteiger partial charge on any atom is -0.474 e. The van der Waals surface area contributed by atoms with Crippen molar-refractivity contribution in [3.63, 3.8) is 0 Å². The summed E-state index contributed by atoms with van der Waals surface area (Å²) >= 11 is 3.72. The minimum atomic E-state index is -1.33. The molecule has 1 heterocycles. The Bertz CT molecular complexity index is 456. The molecule has 0 saturated heterocycles. The van der Waals surface area contributed by atoms with E-state index >= 15 is 0 Å². The zero-order valence-electron chi connectivity index (χ0n) is 15.6. The summed E-state index contributed by atoms with van der Waals surface area (Å²) in [6, 6.07) is 2.21. The topological polar surface area (TPSA) is 13.1 Å². The Hall–Kier alpha value is -0.283. The number of unbranched alkanes of at least 4 members (excludes halogenated alkanes) is 8. The number of allylic oxidation sites excluding steroid dienone is 1. The van der Waals surface area contributed by atoms with Gasteiger partial charge < -0.3 is 4.42 Å². The third kappa shape index (κ3) is 9.56. The molecule has 0 fully saturated rings. The maximum absolute atomic E-state index is 5.72. The van der Waals surface area contributed by atoms with Gasteiger partial charge in [-0.2, -0.15) is 0 Å². The van der Waals surface area contributed by atoms with E-state index < -0.39 is 8.07 Å². The summed E-state index contributed by atoms with van der Waals surface area (Å²) in [6.07, 6.45) is 17.7. The average molecular weight is 399 g/mol. The summed E-state index contributed by atoms with van der Waals surface area (Å²) in [5, 5.41) is 1.19. The number of hydrogen-bond donors (Lipinski definition) is 0. The molecule has 0 aliphatic carbocycles. The van der Waals surface area contributed by atoms with E-state index in [1.54, 1.807) is 0 Å². The van der Waals surface area contributed by atoms with Crippen LogP contribution in [0.3, 0.4) is 0 Å². The van der Waals surface area contributed by atoms with Gasteiger partial charge in [0.05, 0.1) is 11.6 Å². The highest BCUT2D eigenvalue weighted by molar-refractivity contribution is 9.11. The van der Waals surface area contributed by atoms with E-state index in [0.29, 0.717) is 0 Å². The molecule has 132 valence electrons. The molecule has 0 aliphatic rings. The quantitative estimate of drug-likeness (QED) is 0.262. The molecule has 0 spiro atoms. The van der Waals surface area contributed by atoms with E-state index in [9.17, 15) is 0 Å². The smallest absolute Gasteiger partial charge is 0.123 e. The molecular formula is C20H35BrOSi. The standard InChI is InChI=1S/C20H35BrOSi/c1-5-6-7-8-9-10-11-12-13-14-19(21)15-18-16-20(22-17-18)23(2,3)4/h15-17H,5-14H2,1-4H3/b19-15+. The third-order valence-corrected chi connectivity index (χ3v) is 6.57. The van der Waals surface area contributed by atoms with Gasteiger partial charge in [-0.25, -0.2) is 0 Å². The Labute approximate surface area is 153 Å². The summed E-state index contributed by atoms with van der Waals surface area (Å²) in [5.41, 5.74) is 1.20. The van der Waals surface area contributed by atoms with Gasteiger partial charge in [-0.1, -0.05) is 93.9 Å². The third-order valence-electron chi connectivity index (χ3n) is 4.20. The largest absolute Gasteiger partial charge is 0.474 e. The summed E-state index contributed by atoms with van der Waals surface area (Å²) in [4.78, 5) is 0. The first-order chi connectivity index (χ1) is 10.9. The fraction of sp³-hybridized carbons (Fsp3) is 0.700. The molecule has 0 radical (unpaired) electrons. The lowest BCUT2D eigenvalue weighted by Crippen LogP contribution is -2.36. The molecule has 0 N–H and O–H groups in total. The molecule has 0 atom stereocenters. The number of hydrogen-bond acceptors (Lipinski definition) is 1. The molecule has 3 heteroatoms. The zero-order valence-corrected chi connectivity index (χ0v) is 18.2. The fourth-order valence-corrected chi connectivity index (χ4v) is 4.23. The molecular weight excluding hydrogens is 364 g/mol. The van der Waals surface area contributed by atoms with Crippen molar-refractivity contribution in [2.75, 3.05) is 0 Å². The van der Waals surface area contributed by atoms with Gasteiger partial charge in [0.15, 0.2) is 0 Å². The van der Waals surface area contributed by atoms with Gasteiger partial charge in [0.1, 0.15) is 8.07 Å². The monoisotopic (exact) mass is 398 g/mol. The van der Waals surface area contributed by atoms with E-state index in [1.165, 1.54) is 73.2 Å². The summed E-state index contributed by atoms with van der Waals surface area (Å²) < 4.78 is 7.02. The average Bonchev–Trinajstić information content (AvgIpc) is 2.94. The first kappa shape index (κ1) is 20.8. The zero-order chi connectivity index (χ0) is 17.1. The molecule has 0 unspecified atom stereocenters. The molecule has 1 aromatic heterocycles. The molecule has 1 aromatic rings. The van der Waals surface area contributed by atoms with Crippen molar-refractivity contribution in [3.05, 3.63) is 22.4 Å². The van der Waals surface area contributed by atoms with Crippen LogP contribution in [0.2, 0.25) is 19.6 Å². The van der Waals surface area contributed by atoms with Gasteiger partial charge in [-0.3, -0.25) is 0 Å². The lowest BCUT2D eigenvalue weighted by Gasteiger charge is -2.10. The highest BCUT2D eigenvalue weighted by Crippen LogP contribution is 2.20. The lowest BCUT2D eigenvalue weighted by atomic mass is 10.1. The van der Waals surface area contributed by atoms with E-state index in [0.717, 1.165) is 6.42 Å². The van der Waals surface area contributed by atoms with Gasteiger partial charge in [0, 0.05) is 5.56 Å². The van der Waals surface area contributed by atoms with Crippen LogP contribution >= 0.6 is 15.9 Å². The number of furan rings is 1. The van der Waals surface area contributed by atoms with Crippen LogP contribution in [-0.2, 0) is 0 Å². The van der Waals surface area contributed by atoms with E-state index in [4.69, 9.17) is 4.42 Å². The van der Waals surface area contributed by atoms with E-state index in [-0.39, 0.29) is 0 Å². The van der Waals surface area contributed by atoms with Crippen molar-refractivity contribution in [2.45, 2.75) is 90.8 Å². The van der Waals surface area contributed by atoms with Crippen LogP contribution in [0.15, 0.2) is 21.2 Å². The van der Waals surface area contributed by atoms with Crippen LogP contribution in [-0.4, -0.2) is 8.07 Å². The lowest BCUT2D eigenvalue weighted by molar-refractivity contribution is 0.566. The Morgan fingerprint density at radius 3 is 2.09 bits per heavy atom. The summed E-state index contributed by atoms with van der Waals surface area (Å²) in [6.45, 7) is 9.23. The van der Waals surface area contributed by atoms with Crippen LogP contribution in [0.5, 0.6) is 0 Å². The second kappa shape index (κ2) is 11.3. The molecule has 1 nitrogen and oxygen atoms in total.